The number of para-hydroxylation sites is 1. The lowest BCUT2D eigenvalue weighted by Crippen LogP contribution is -2.38. The average molecular weight is 437 g/mol. The molecule has 126 valence electrons. The van der Waals surface area contributed by atoms with Crippen LogP contribution >= 0.6 is 35.7 Å². The minimum Gasteiger partial charge on any atom is -0.494 e. The van der Waals surface area contributed by atoms with Gasteiger partial charge in [0.15, 0.2) is 5.96 Å². The summed E-state index contributed by atoms with van der Waals surface area (Å²) in [5.74, 6) is 3.03. The average Bonchev–Trinajstić information content (AvgIpc) is 2.53. The molecule has 6 heteroatoms. The maximum absolute atomic E-state index is 5.64. The van der Waals surface area contributed by atoms with E-state index in [2.05, 4.69) is 21.9 Å². The standard InChI is InChI=1S/C16H27N3OS.HI/c1-17-16(18-11-6-7-14-21-2)19-12-8-13-20-15-9-4-3-5-10-15;/h3-5,9-10H,6-8,11-14H2,1-2H3,(H2,17,18,19);1H. The maximum atomic E-state index is 5.64. The number of unbranched alkanes of at least 4 members (excludes halogenated alkanes) is 1. The summed E-state index contributed by atoms with van der Waals surface area (Å²) in [7, 11) is 1.80. The second kappa shape index (κ2) is 15.3. The molecule has 0 spiro atoms. The highest BCUT2D eigenvalue weighted by Crippen LogP contribution is 2.07. The summed E-state index contributed by atoms with van der Waals surface area (Å²) >= 11 is 1.90. The summed E-state index contributed by atoms with van der Waals surface area (Å²) in [6.45, 7) is 2.54. The Balaban J connectivity index is 0.00000441. The number of ether oxygens (including phenoxy) is 1. The number of hydrogen-bond acceptors (Lipinski definition) is 3. The van der Waals surface area contributed by atoms with Crippen molar-refractivity contribution in [1.82, 2.24) is 10.6 Å². The first-order chi connectivity index (χ1) is 10.4. The number of aliphatic imine (C=N–C) groups is 1. The highest BCUT2D eigenvalue weighted by molar-refractivity contribution is 14.0. The first-order valence-corrected chi connectivity index (χ1v) is 8.87. The Hall–Kier alpha value is -0.630. The second-order valence-electron chi connectivity index (χ2n) is 4.64. The second-order valence-corrected chi connectivity index (χ2v) is 5.63. The molecule has 0 atom stereocenters. The highest BCUT2D eigenvalue weighted by Gasteiger charge is 1.97. The van der Waals surface area contributed by atoms with Crippen LogP contribution in [0.2, 0.25) is 0 Å². The molecule has 22 heavy (non-hydrogen) atoms. The lowest BCUT2D eigenvalue weighted by atomic mass is 10.3. The lowest BCUT2D eigenvalue weighted by Gasteiger charge is -2.12. The van der Waals surface area contributed by atoms with Crippen molar-refractivity contribution in [2.75, 3.05) is 38.8 Å². The van der Waals surface area contributed by atoms with Crippen molar-refractivity contribution in [2.24, 2.45) is 4.99 Å². The van der Waals surface area contributed by atoms with E-state index in [1.54, 1.807) is 7.05 Å². The van der Waals surface area contributed by atoms with Crippen LogP contribution in [0.4, 0.5) is 0 Å². The van der Waals surface area contributed by atoms with Crippen LogP contribution in [0.3, 0.4) is 0 Å². The minimum atomic E-state index is 0. The Labute approximate surface area is 155 Å². The molecule has 1 rings (SSSR count). The van der Waals surface area contributed by atoms with Crippen LogP contribution in [0, 0.1) is 0 Å². The quantitative estimate of drug-likeness (QED) is 0.255. The first kappa shape index (κ1) is 21.4. The van der Waals surface area contributed by atoms with E-state index in [1.165, 1.54) is 18.6 Å². The fourth-order valence-corrected chi connectivity index (χ4v) is 2.28. The van der Waals surface area contributed by atoms with Crippen LogP contribution < -0.4 is 15.4 Å². The van der Waals surface area contributed by atoms with E-state index in [0.717, 1.165) is 31.2 Å². The number of nitrogens with zero attached hydrogens (tertiary/aromatic N) is 1. The fraction of sp³-hybridized carbons (Fsp3) is 0.562. The van der Waals surface area contributed by atoms with Crippen LogP contribution in [-0.2, 0) is 0 Å². The molecule has 0 saturated heterocycles. The van der Waals surface area contributed by atoms with Gasteiger partial charge in [0.05, 0.1) is 6.61 Å². The largest absolute Gasteiger partial charge is 0.494 e. The Morgan fingerprint density at radius 3 is 2.41 bits per heavy atom. The molecular weight excluding hydrogens is 409 g/mol. The van der Waals surface area contributed by atoms with Crippen LogP contribution in [0.15, 0.2) is 35.3 Å². The minimum absolute atomic E-state index is 0. The summed E-state index contributed by atoms with van der Waals surface area (Å²) in [5.41, 5.74) is 0. The number of thioether (sulfide) groups is 1. The van der Waals surface area contributed by atoms with Crippen LogP contribution in [0.5, 0.6) is 5.75 Å². The zero-order valence-electron chi connectivity index (χ0n) is 13.5. The molecule has 0 bridgehead atoms. The van der Waals surface area contributed by atoms with Gasteiger partial charge in [-0.15, -0.1) is 24.0 Å². The molecule has 0 radical (unpaired) electrons. The normalized spacial score (nSPS) is 10.7. The zero-order valence-corrected chi connectivity index (χ0v) is 16.7. The van der Waals surface area contributed by atoms with Crippen LogP contribution in [0.1, 0.15) is 19.3 Å². The zero-order chi connectivity index (χ0) is 15.2. The maximum Gasteiger partial charge on any atom is 0.190 e. The Kier molecular flexibility index (Phi) is 14.8. The van der Waals surface area contributed by atoms with Crippen LogP contribution in [0.25, 0.3) is 0 Å². The number of guanidine groups is 1. The smallest absolute Gasteiger partial charge is 0.190 e. The number of benzene rings is 1. The summed E-state index contributed by atoms with van der Waals surface area (Å²) in [4.78, 5) is 4.21. The van der Waals surface area contributed by atoms with E-state index in [1.807, 2.05) is 42.1 Å². The molecule has 0 saturated carbocycles. The predicted molar refractivity (Wildman–Crippen MR) is 109 cm³/mol. The van der Waals surface area contributed by atoms with Crippen molar-refractivity contribution in [3.63, 3.8) is 0 Å². The third-order valence-corrected chi connectivity index (χ3v) is 3.61. The van der Waals surface area contributed by atoms with Gasteiger partial charge in [-0.05, 0) is 43.4 Å². The molecule has 2 N–H and O–H groups in total. The summed E-state index contributed by atoms with van der Waals surface area (Å²) in [6, 6.07) is 9.90. The van der Waals surface area contributed by atoms with E-state index >= 15 is 0 Å². The van der Waals surface area contributed by atoms with Crippen molar-refractivity contribution in [1.29, 1.82) is 0 Å². The molecule has 0 aliphatic rings. The molecular formula is C16H28IN3OS. The van der Waals surface area contributed by atoms with Gasteiger partial charge in [-0.3, -0.25) is 4.99 Å². The van der Waals surface area contributed by atoms with E-state index < -0.39 is 0 Å². The Bertz CT molecular complexity index is 390. The van der Waals surface area contributed by atoms with Crippen molar-refractivity contribution >= 4 is 41.7 Å². The number of halogens is 1. The number of hydrogen-bond donors (Lipinski definition) is 2. The van der Waals surface area contributed by atoms with Gasteiger partial charge >= 0.3 is 0 Å². The van der Waals surface area contributed by atoms with Crippen molar-refractivity contribution in [3.8, 4) is 5.75 Å². The fourth-order valence-electron chi connectivity index (χ4n) is 1.78. The van der Waals surface area contributed by atoms with E-state index in [-0.39, 0.29) is 24.0 Å². The van der Waals surface area contributed by atoms with Crippen LogP contribution in [-0.4, -0.2) is 44.7 Å². The van der Waals surface area contributed by atoms with Gasteiger partial charge in [0.1, 0.15) is 5.75 Å². The SMILES string of the molecule is CN=C(NCCCCSC)NCCCOc1ccccc1.I. The van der Waals surface area contributed by atoms with Gasteiger partial charge in [0.2, 0.25) is 0 Å². The molecule has 4 nitrogen and oxygen atoms in total. The van der Waals surface area contributed by atoms with Gasteiger partial charge < -0.3 is 15.4 Å². The lowest BCUT2D eigenvalue weighted by molar-refractivity contribution is 0.311. The molecule has 0 fully saturated rings. The van der Waals surface area contributed by atoms with E-state index in [0.29, 0.717) is 6.61 Å². The molecule has 0 aliphatic carbocycles. The topological polar surface area (TPSA) is 45.7 Å². The summed E-state index contributed by atoms with van der Waals surface area (Å²) < 4.78 is 5.64. The number of nitrogens with one attached hydrogen (secondary N) is 2. The number of rotatable bonds is 10. The Morgan fingerprint density at radius 2 is 1.77 bits per heavy atom. The first-order valence-electron chi connectivity index (χ1n) is 7.48. The molecule has 1 aromatic rings. The molecule has 1 aromatic carbocycles. The Morgan fingerprint density at radius 1 is 1.09 bits per heavy atom. The predicted octanol–water partition coefficient (Wildman–Crippen LogP) is 3.38. The van der Waals surface area contributed by atoms with Crippen molar-refractivity contribution in [2.45, 2.75) is 19.3 Å². The van der Waals surface area contributed by atoms with Gasteiger partial charge in [0.25, 0.3) is 0 Å². The molecule has 0 heterocycles. The summed E-state index contributed by atoms with van der Waals surface area (Å²) in [6.07, 6.45) is 5.52. The third kappa shape index (κ3) is 11.0. The van der Waals surface area contributed by atoms with Gasteiger partial charge in [-0.1, -0.05) is 18.2 Å². The third-order valence-electron chi connectivity index (χ3n) is 2.92. The van der Waals surface area contributed by atoms with E-state index in [4.69, 9.17) is 4.74 Å². The summed E-state index contributed by atoms with van der Waals surface area (Å²) in [5, 5.41) is 6.63. The molecule has 0 aromatic heterocycles. The molecule has 0 aliphatic heterocycles. The van der Waals surface area contributed by atoms with Gasteiger partial charge in [-0.2, -0.15) is 11.8 Å². The van der Waals surface area contributed by atoms with Crippen molar-refractivity contribution in [3.05, 3.63) is 30.3 Å². The van der Waals surface area contributed by atoms with E-state index in [9.17, 15) is 0 Å². The van der Waals surface area contributed by atoms with Gasteiger partial charge in [0, 0.05) is 20.1 Å². The molecule has 0 unspecified atom stereocenters. The van der Waals surface area contributed by atoms with Crippen molar-refractivity contribution < 1.29 is 4.74 Å². The molecule has 0 amide bonds. The highest BCUT2D eigenvalue weighted by atomic mass is 127. The van der Waals surface area contributed by atoms with Gasteiger partial charge in [-0.25, -0.2) is 0 Å². The monoisotopic (exact) mass is 437 g/mol.